The van der Waals surface area contributed by atoms with E-state index < -0.39 is 0 Å². The lowest BCUT2D eigenvalue weighted by Crippen LogP contribution is -2.39. The van der Waals surface area contributed by atoms with Crippen LogP contribution >= 0.6 is 24.0 Å². The summed E-state index contributed by atoms with van der Waals surface area (Å²) in [6.07, 6.45) is 4.78. The van der Waals surface area contributed by atoms with Gasteiger partial charge in [0.1, 0.15) is 5.75 Å². The lowest BCUT2D eigenvalue weighted by molar-refractivity contribution is 0.414. The number of aromatic nitrogens is 2. The molecule has 0 amide bonds. The van der Waals surface area contributed by atoms with Crippen LogP contribution in [0.2, 0.25) is 0 Å². The molecule has 2 rings (SSSR count). The monoisotopic (exact) mass is 485 g/mol. The van der Waals surface area contributed by atoms with Gasteiger partial charge in [0, 0.05) is 37.4 Å². The Morgan fingerprint density at radius 2 is 1.96 bits per heavy atom. The first-order valence-corrected chi connectivity index (χ1v) is 9.19. The highest BCUT2D eigenvalue weighted by molar-refractivity contribution is 14.0. The number of halogens is 1. The number of hydrogen-bond donors (Lipinski definition) is 2. The van der Waals surface area contributed by atoms with Gasteiger partial charge in [0.25, 0.3) is 0 Å². The second-order valence-corrected chi connectivity index (χ2v) is 6.86. The van der Waals surface area contributed by atoms with Crippen molar-refractivity contribution in [3.05, 3.63) is 48.3 Å². The third kappa shape index (κ3) is 7.78. The van der Waals surface area contributed by atoms with Crippen molar-refractivity contribution >= 4 is 29.9 Å². The molecule has 0 radical (unpaired) electrons. The summed E-state index contributed by atoms with van der Waals surface area (Å²) in [6, 6.07) is 10.2. The van der Waals surface area contributed by atoms with Gasteiger partial charge >= 0.3 is 0 Å². The van der Waals surface area contributed by atoms with E-state index in [2.05, 4.69) is 48.6 Å². The second kappa shape index (κ2) is 11.8. The van der Waals surface area contributed by atoms with E-state index in [9.17, 15) is 0 Å². The molecule has 1 aromatic carbocycles. The summed E-state index contributed by atoms with van der Waals surface area (Å²) in [5.74, 6) is 1.73. The first-order chi connectivity index (χ1) is 12.5. The van der Waals surface area contributed by atoms with Gasteiger partial charge in [0.2, 0.25) is 0 Å². The van der Waals surface area contributed by atoms with Crippen LogP contribution in [-0.2, 0) is 12.0 Å². The minimum Gasteiger partial charge on any atom is -0.497 e. The summed E-state index contributed by atoms with van der Waals surface area (Å²) in [5.41, 5.74) is 1.19. The molecule has 0 fully saturated rings. The first-order valence-electron chi connectivity index (χ1n) is 9.19. The molecule has 6 nitrogen and oxygen atoms in total. The normalized spacial score (nSPS) is 11.6. The van der Waals surface area contributed by atoms with Crippen molar-refractivity contribution in [2.75, 3.05) is 26.7 Å². The van der Waals surface area contributed by atoms with Crippen LogP contribution in [0.5, 0.6) is 5.75 Å². The van der Waals surface area contributed by atoms with Crippen molar-refractivity contribution in [3.63, 3.8) is 0 Å². The van der Waals surface area contributed by atoms with E-state index >= 15 is 0 Å². The summed E-state index contributed by atoms with van der Waals surface area (Å²) >= 11 is 0. The number of nitrogens with zero attached hydrogens (tertiary/aromatic N) is 3. The van der Waals surface area contributed by atoms with E-state index in [1.54, 1.807) is 13.3 Å². The molecule has 27 heavy (non-hydrogen) atoms. The lowest BCUT2D eigenvalue weighted by Gasteiger charge is -2.24. The van der Waals surface area contributed by atoms with E-state index in [-0.39, 0.29) is 29.4 Å². The van der Waals surface area contributed by atoms with Crippen LogP contribution < -0.4 is 15.4 Å². The number of rotatable bonds is 9. The molecule has 150 valence electrons. The van der Waals surface area contributed by atoms with Crippen molar-refractivity contribution < 1.29 is 4.74 Å². The minimum absolute atomic E-state index is 0. The molecule has 0 atom stereocenters. The molecule has 2 aromatic rings. The molecule has 0 aliphatic carbocycles. The number of aryl methyl sites for hydroxylation is 1. The van der Waals surface area contributed by atoms with Gasteiger partial charge in [0.15, 0.2) is 5.96 Å². The number of methoxy groups -OCH3 is 1. The Bertz CT molecular complexity index is 668. The average molecular weight is 485 g/mol. The maximum absolute atomic E-state index is 5.24. The summed E-state index contributed by atoms with van der Waals surface area (Å²) in [6.45, 7) is 9.79. The zero-order valence-corrected chi connectivity index (χ0v) is 19.1. The average Bonchev–Trinajstić information content (AvgIpc) is 3.16. The molecule has 0 spiro atoms. The molecule has 7 heteroatoms. The van der Waals surface area contributed by atoms with E-state index in [0.717, 1.165) is 37.8 Å². The third-order valence-corrected chi connectivity index (χ3v) is 4.26. The zero-order chi connectivity index (χ0) is 18.8. The number of nitrogens with one attached hydrogen (secondary N) is 2. The van der Waals surface area contributed by atoms with Gasteiger partial charge in [0.05, 0.1) is 13.7 Å². The lowest BCUT2D eigenvalue weighted by atomic mass is 9.85. The highest BCUT2D eigenvalue weighted by Crippen LogP contribution is 2.25. The Morgan fingerprint density at radius 3 is 2.56 bits per heavy atom. The Balaban J connectivity index is 0.00000364. The van der Waals surface area contributed by atoms with E-state index in [4.69, 9.17) is 9.73 Å². The largest absolute Gasteiger partial charge is 0.497 e. The molecular weight excluding hydrogens is 453 g/mol. The van der Waals surface area contributed by atoms with Gasteiger partial charge in [-0.25, -0.2) is 0 Å². The summed E-state index contributed by atoms with van der Waals surface area (Å²) in [7, 11) is 1.69. The van der Waals surface area contributed by atoms with Crippen molar-refractivity contribution in [2.45, 2.75) is 39.2 Å². The van der Waals surface area contributed by atoms with Crippen molar-refractivity contribution in [2.24, 2.45) is 4.99 Å². The molecule has 0 bridgehead atoms. The third-order valence-electron chi connectivity index (χ3n) is 4.26. The van der Waals surface area contributed by atoms with E-state index in [1.165, 1.54) is 5.56 Å². The number of benzene rings is 1. The standard InChI is InChI=1S/C20H31N5O.HI/c1-5-21-19(22-12-6-14-25-15-7-13-24-25)23-16-20(2,3)17-8-10-18(26-4)11-9-17;/h7-11,13,15H,5-6,12,14,16H2,1-4H3,(H2,21,22,23);1H. The van der Waals surface area contributed by atoms with Crippen LogP contribution in [0.1, 0.15) is 32.8 Å². The molecule has 0 unspecified atom stereocenters. The Kier molecular flexibility index (Phi) is 10.2. The zero-order valence-electron chi connectivity index (χ0n) is 16.7. The molecule has 0 saturated carbocycles. The van der Waals surface area contributed by atoms with Crippen LogP contribution in [0.15, 0.2) is 47.7 Å². The fourth-order valence-electron chi connectivity index (χ4n) is 2.63. The SMILES string of the molecule is CCNC(=NCC(C)(C)c1ccc(OC)cc1)NCCCn1cccn1.I. The highest BCUT2D eigenvalue weighted by Gasteiger charge is 2.20. The Hall–Kier alpha value is -1.77. The molecular formula is C20H32IN5O. The number of aliphatic imine (C=N–C) groups is 1. The van der Waals surface area contributed by atoms with Crippen molar-refractivity contribution in [3.8, 4) is 5.75 Å². The minimum atomic E-state index is -0.0519. The van der Waals surface area contributed by atoms with Crippen LogP contribution in [0, 0.1) is 0 Å². The van der Waals surface area contributed by atoms with Crippen LogP contribution in [0.3, 0.4) is 0 Å². The van der Waals surface area contributed by atoms with E-state index in [1.807, 2.05) is 29.1 Å². The van der Waals surface area contributed by atoms with Gasteiger partial charge in [-0.05, 0) is 37.1 Å². The molecule has 0 aliphatic rings. The van der Waals surface area contributed by atoms with Crippen molar-refractivity contribution in [1.82, 2.24) is 20.4 Å². The molecule has 0 aliphatic heterocycles. The van der Waals surface area contributed by atoms with Gasteiger partial charge in [-0.15, -0.1) is 24.0 Å². The van der Waals surface area contributed by atoms with E-state index in [0.29, 0.717) is 6.54 Å². The summed E-state index contributed by atoms with van der Waals surface area (Å²) in [5, 5.41) is 10.9. The Labute approximate surface area is 179 Å². The fraction of sp³-hybridized carbons (Fsp3) is 0.500. The number of guanidine groups is 1. The van der Waals surface area contributed by atoms with Gasteiger partial charge in [-0.3, -0.25) is 9.67 Å². The molecule has 0 saturated heterocycles. The van der Waals surface area contributed by atoms with Gasteiger partial charge in [-0.2, -0.15) is 5.10 Å². The van der Waals surface area contributed by atoms with Gasteiger partial charge in [-0.1, -0.05) is 26.0 Å². The predicted octanol–water partition coefficient (Wildman–Crippen LogP) is 3.43. The summed E-state index contributed by atoms with van der Waals surface area (Å²) < 4.78 is 7.18. The number of ether oxygens (including phenoxy) is 1. The molecule has 2 N–H and O–H groups in total. The first kappa shape index (κ1) is 23.3. The quantitative estimate of drug-likeness (QED) is 0.247. The maximum atomic E-state index is 5.24. The molecule has 1 aromatic heterocycles. The van der Waals surface area contributed by atoms with Crippen LogP contribution in [0.25, 0.3) is 0 Å². The summed E-state index contributed by atoms with van der Waals surface area (Å²) in [4.78, 5) is 4.78. The predicted molar refractivity (Wildman–Crippen MR) is 122 cm³/mol. The topological polar surface area (TPSA) is 63.5 Å². The fourth-order valence-corrected chi connectivity index (χ4v) is 2.63. The van der Waals surface area contributed by atoms with Crippen LogP contribution in [-0.4, -0.2) is 42.5 Å². The maximum Gasteiger partial charge on any atom is 0.191 e. The highest BCUT2D eigenvalue weighted by atomic mass is 127. The molecule has 1 heterocycles. The van der Waals surface area contributed by atoms with Gasteiger partial charge < -0.3 is 15.4 Å². The number of hydrogen-bond acceptors (Lipinski definition) is 3. The smallest absolute Gasteiger partial charge is 0.191 e. The second-order valence-electron chi connectivity index (χ2n) is 6.86. The Morgan fingerprint density at radius 1 is 1.22 bits per heavy atom. The van der Waals surface area contributed by atoms with Crippen molar-refractivity contribution in [1.29, 1.82) is 0 Å². The van der Waals surface area contributed by atoms with Crippen LogP contribution in [0.4, 0.5) is 0 Å².